The molecular formula is C13H20N2O4S. The molecule has 2 N–H and O–H groups in total. The molecule has 0 amide bonds. The molecule has 0 atom stereocenters. The Labute approximate surface area is 119 Å². The second-order valence-corrected chi connectivity index (χ2v) is 5.87. The fraction of sp³-hybridized carbons (Fsp3) is 0.462. The molecule has 0 fully saturated rings. The van der Waals surface area contributed by atoms with Gasteiger partial charge in [-0.15, -0.1) is 0 Å². The van der Waals surface area contributed by atoms with Crippen LogP contribution in [0.1, 0.15) is 23.7 Å². The predicted molar refractivity (Wildman–Crippen MR) is 76.1 cm³/mol. The molecule has 20 heavy (non-hydrogen) atoms. The highest BCUT2D eigenvalue weighted by Crippen LogP contribution is 2.15. The zero-order chi connectivity index (χ0) is 15.0. The minimum absolute atomic E-state index is 0.0315. The minimum atomic E-state index is -3.72. The second kappa shape index (κ2) is 7.98. The molecule has 7 heteroatoms. The van der Waals surface area contributed by atoms with E-state index in [9.17, 15) is 13.2 Å². The van der Waals surface area contributed by atoms with Gasteiger partial charge in [-0.2, -0.15) is 0 Å². The molecule has 0 aromatic heterocycles. The average Bonchev–Trinajstić information content (AvgIpc) is 2.46. The largest absolute Gasteiger partial charge is 0.465 e. The lowest BCUT2D eigenvalue weighted by Gasteiger charge is -2.10. The van der Waals surface area contributed by atoms with Crippen LogP contribution in [0.5, 0.6) is 0 Å². The van der Waals surface area contributed by atoms with E-state index in [2.05, 4.69) is 14.8 Å². The maximum atomic E-state index is 12.2. The molecule has 0 saturated carbocycles. The number of carbonyl (C=O) groups is 1. The van der Waals surface area contributed by atoms with E-state index in [1.165, 1.54) is 19.2 Å². The molecule has 0 spiro atoms. The highest BCUT2D eigenvalue weighted by atomic mass is 32.2. The van der Waals surface area contributed by atoms with Gasteiger partial charge in [0.1, 0.15) is 0 Å². The standard InChI is InChI=1S/C13H20N2O4S/c1-3-8-14-9-10-15-20(17,18)12-7-5-4-6-11(12)13(16)19-2/h4-7,14-15H,3,8-10H2,1-2H3. The summed E-state index contributed by atoms with van der Waals surface area (Å²) in [4.78, 5) is 11.5. The molecule has 1 aromatic carbocycles. The van der Waals surface area contributed by atoms with Crippen LogP contribution < -0.4 is 10.0 Å². The van der Waals surface area contributed by atoms with E-state index in [4.69, 9.17) is 0 Å². The summed E-state index contributed by atoms with van der Waals surface area (Å²) in [6, 6.07) is 5.97. The van der Waals surface area contributed by atoms with Gasteiger partial charge in [-0.05, 0) is 25.1 Å². The van der Waals surface area contributed by atoms with Crippen molar-refractivity contribution in [2.24, 2.45) is 0 Å². The van der Waals surface area contributed by atoms with Gasteiger partial charge in [0, 0.05) is 13.1 Å². The third kappa shape index (κ3) is 4.59. The smallest absolute Gasteiger partial charge is 0.339 e. The zero-order valence-electron chi connectivity index (χ0n) is 11.7. The Bertz CT molecular complexity index is 543. The number of benzene rings is 1. The number of esters is 1. The molecule has 0 aliphatic rings. The first-order valence-corrected chi connectivity index (χ1v) is 7.89. The summed E-state index contributed by atoms with van der Waals surface area (Å²) < 4.78 is 31.4. The van der Waals surface area contributed by atoms with Crippen molar-refractivity contribution < 1.29 is 17.9 Å². The lowest BCUT2D eigenvalue weighted by atomic mass is 10.2. The molecule has 0 bridgehead atoms. The van der Waals surface area contributed by atoms with Gasteiger partial charge in [-0.3, -0.25) is 0 Å². The fourth-order valence-electron chi connectivity index (χ4n) is 1.63. The van der Waals surface area contributed by atoms with Crippen molar-refractivity contribution >= 4 is 16.0 Å². The van der Waals surface area contributed by atoms with Crippen molar-refractivity contribution in [3.8, 4) is 0 Å². The monoisotopic (exact) mass is 300 g/mol. The number of sulfonamides is 1. The summed E-state index contributed by atoms with van der Waals surface area (Å²) in [5.41, 5.74) is 0.0315. The van der Waals surface area contributed by atoms with Gasteiger partial charge in [0.25, 0.3) is 0 Å². The van der Waals surface area contributed by atoms with Gasteiger partial charge in [0.05, 0.1) is 17.6 Å². The van der Waals surface area contributed by atoms with Gasteiger partial charge in [0.15, 0.2) is 0 Å². The molecule has 0 aliphatic heterocycles. The van der Waals surface area contributed by atoms with E-state index in [0.29, 0.717) is 6.54 Å². The first kappa shape index (κ1) is 16.6. The highest BCUT2D eigenvalue weighted by molar-refractivity contribution is 7.89. The van der Waals surface area contributed by atoms with Crippen molar-refractivity contribution in [1.29, 1.82) is 0 Å². The normalized spacial score (nSPS) is 11.3. The third-order valence-corrected chi connectivity index (χ3v) is 4.12. The van der Waals surface area contributed by atoms with Crippen LogP contribution in [0.2, 0.25) is 0 Å². The summed E-state index contributed by atoms with van der Waals surface area (Å²) in [7, 11) is -2.51. The fourth-order valence-corrected chi connectivity index (χ4v) is 2.86. The maximum Gasteiger partial charge on any atom is 0.339 e. The number of ether oxygens (including phenoxy) is 1. The van der Waals surface area contributed by atoms with Crippen molar-refractivity contribution in [2.75, 3.05) is 26.7 Å². The molecule has 0 radical (unpaired) electrons. The first-order valence-electron chi connectivity index (χ1n) is 6.40. The van der Waals surface area contributed by atoms with Crippen LogP contribution in [0.15, 0.2) is 29.2 Å². The van der Waals surface area contributed by atoms with Gasteiger partial charge in [0.2, 0.25) is 10.0 Å². The number of methoxy groups -OCH3 is 1. The molecule has 1 aromatic rings. The molecule has 0 aliphatic carbocycles. The van der Waals surface area contributed by atoms with Crippen molar-refractivity contribution in [1.82, 2.24) is 10.0 Å². The van der Waals surface area contributed by atoms with Crippen LogP contribution >= 0.6 is 0 Å². The van der Waals surface area contributed by atoms with Crippen molar-refractivity contribution in [3.05, 3.63) is 29.8 Å². The van der Waals surface area contributed by atoms with E-state index in [1.54, 1.807) is 12.1 Å². The van der Waals surface area contributed by atoms with E-state index in [1.807, 2.05) is 6.92 Å². The summed E-state index contributed by atoms with van der Waals surface area (Å²) >= 11 is 0. The molecule has 0 unspecified atom stereocenters. The van der Waals surface area contributed by atoms with Gasteiger partial charge in [-0.1, -0.05) is 19.1 Å². The van der Waals surface area contributed by atoms with E-state index in [0.717, 1.165) is 13.0 Å². The van der Waals surface area contributed by atoms with Crippen molar-refractivity contribution in [2.45, 2.75) is 18.2 Å². The highest BCUT2D eigenvalue weighted by Gasteiger charge is 2.21. The SMILES string of the molecule is CCCNCCNS(=O)(=O)c1ccccc1C(=O)OC. The lowest BCUT2D eigenvalue weighted by molar-refractivity contribution is 0.0596. The Kier molecular flexibility index (Phi) is 6.63. The van der Waals surface area contributed by atoms with Crippen LogP contribution in [0.4, 0.5) is 0 Å². The van der Waals surface area contributed by atoms with E-state index >= 15 is 0 Å². The Morgan fingerprint density at radius 2 is 1.90 bits per heavy atom. The second-order valence-electron chi connectivity index (χ2n) is 4.14. The number of hydrogen-bond acceptors (Lipinski definition) is 5. The minimum Gasteiger partial charge on any atom is -0.465 e. The molecule has 6 nitrogen and oxygen atoms in total. The predicted octanol–water partition coefficient (Wildman–Crippen LogP) is 0.751. The van der Waals surface area contributed by atoms with Gasteiger partial charge >= 0.3 is 5.97 Å². The van der Waals surface area contributed by atoms with Crippen LogP contribution in [0.25, 0.3) is 0 Å². The Hall–Kier alpha value is -1.44. The molecular weight excluding hydrogens is 280 g/mol. The molecule has 0 heterocycles. The third-order valence-electron chi connectivity index (χ3n) is 2.60. The lowest BCUT2D eigenvalue weighted by Crippen LogP contribution is -2.33. The quantitative estimate of drug-likeness (QED) is 0.547. The Morgan fingerprint density at radius 1 is 1.20 bits per heavy atom. The topological polar surface area (TPSA) is 84.5 Å². The first-order chi connectivity index (χ1) is 9.53. The van der Waals surface area contributed by atoms with Crippen molar-refractivity contribution in [3.63, 3.8) is 0 Å². The summed E-state index contributed by atoms with van der Waals surface area (Å²) in [5.74, 6) is -0.671. The maximum absolute atomic E-state index is 12.2. The van der Waals surface area contributed by atoms with Crippen LogP contribution in [0.3, 0.4) is 0 Å². The summed E-state index contributed by atoms with van der Waals surface area (Å²) in [6.45, 7) is 3.66. The van der Waals surface area contributed by atoms with Crippen LogP contribution in [-0.4, -0.2) is 41.1 Å². The van der Waals surface area contributed by atoms with Gasteiger partial charge < -0.3 is 10.1 Å². The Morgan fingerprint density at radius 3 is 2.55 bits per heavy atom. The van der Waals surface area contributed by atoms with E-state index < -0.39 is 16.0 Å². The number of rotatable bonds is 8. The number of nitrogens with one attached hydrogen (secondary N) is 2. The van der Waals surface area contributed by atoms with Gasteiger partial charge in [-0.25, -0.2) is 17.9 Å². The van der Waals surface area contributed by atoms with Crippen LogP contribution in [0, 0.1) is 0 Å². The van der Waals surface area contributed by atoms with Crippen LogP contribution in [-0.2, 0) is 14.8 Å². The summed E-state index contributed by atoms with van der Waals surface area (Å²) in [6.07, 6.45) is 0.984. The zero-order valence-corrected chi connectivity index (χ0v) is 12.5. The summed E-state index contributed by atoms with van der Waals surface area (Å²) in [5, 5.41) is 3.09. The molecule has 0 saturated heterocycles. The average molecular weight is 300 g/mol. The Balaban J connectivity index is 2.80. The number of carbonyl (C=O) groups excluding carboxylic acids is 1. The molecule has 1 rings (SSSR count). The number of hydrogen-bond donors (Lipinski definition) is 2. The van der Waals surface area contributed by atoms with E-state index in [-0.39, 0.29) is 17.0 Å². The molecule has 112 valence electrons.